The number of hydrogen-bond acceptors (Lipinski definition) is 2. The van der Waals surface area contributed by atoms with Gasteiger partial charge in [0.1, 0.15) is 0 Å². The summed E-state index contributed by atoms with van der Waals surface area (Å²) in [5.41, 5.74) is -0.118. The Labute approximate surface area is 79.2 Å². The zero-order valence-electron chi connectivity index (χ0n) is 8.42. The molecule has 0 saturated carbocycles. The largest absolute Gasteiger partial charge is 0.478 e. The van der Waals surface area contributed by atoms with Crippen LogP contribution >= 0.6 is 0 Å². The first-order valence-electron chi connectivity index (χ1n) is 4.13. The molecule has 3 nitrogen and oxygen atoms in total. The van der Waals surface area contributed by atoms with Crippen LogP contribution in [0.15, 0.2) is 24.8 Å². The van der Waals surface area contributed by atoms with E-state index < -0.39 is 5.97 Å². The van der Waals surface area contributed by atoms with Gasteiger partial charge in [-0.25, -0.2) is 4.79 Å². The lowest BCUT2D eigenvalue weighted by Gasteiger charge is -2.26. The van der Waals surface area contributed by atoms with Crippen molar-refractivity contribution in [2.45, 2.75) is 32.4 Å². The zero-order chi connectivity index (χ0) is 10.6. The Morgan fingerprint density at radius 2 is 2.08 bits per heavy atom. The second-order valence-corrected chi connectivity index (χ2v) is 3.62. The highest BCUT2D eigenvalue weighted by Crippen LogP contribution is 2.08. The predicted molar refractivity (Wildman–Crippen MR) is 53.6 cm³/mol. The van der Waals surface area contributed by atoms with E-state index in [2.05, 4.69) is 18.5 Å². The Bertz CT molecular complexity index is 231. The number of carboxylic acids is 1. The molecule has 74 valence electrons. The van der Waals surface area contributed by atoms with Crippen molar-refractivity contribution in [1.29, 1.82) is 0 Å². The van der Waals surface area contributed by atoms with Gasteiger partial charge in [0.05, 0.1) is 0 Å². The van der Waals surface area contributed by atoms with Gasteiger partial charge in [0.15, 0.2) is 0 Å². The number of nitrogens with one attached hydrogen (secondary N) is 1. The van der Waals surface area contributed by atoms with E-state index in [1.54, 1.807) is 13.0 Å². The lowest BCUT2D eigenvalue weighted by molar-refractivity contribution is -0.133. The smallest absolute Gasteiger partial charge is 0.332 e. The normalized spacial score (nSPS) is 13.5. The summed E-state index contributed by atoms with van der Waals surface area (Å²) in [6.45, 7) is 12.7. The van der Waals surface area contributed by atoms with Gasteiger partial charge in [-0.15, -0.1) is 6.58 Å². The zero-order valence-corrected chi connectivity index (χ0v) is 8.42. The fourth-order valence-electron chi connectivity index (χ4n) is 0.889. The molecular formula is C10H17NO2. The summed E-state index contributed by atoms with van der Waals surface area (Å²) < 4.78 is 0. The SMILES string of the molecule is C=CC(C)(C)NC(C)C(=C)C(=O)O. The van der Waals surface area contributed by atoms with Crippen LogP contribution < -0.4 is 5.32 Å². The van der Waals surface area contributed by atoms with Crippen LogP contribution in [0.4, 0.5) is 0 Å². The predicted octanol–water partition coefficient (Wildman–Crippen LogP) is 1.57. The number of aliphatic carboxylic acids is 1. The highest BCUT2D eigenvalue weighted by Gasteiger charge is 2.20. The molecule has 0 radical (unpaired) electrons. The maximum absolute atomic E-state index is 10.5. The maximum atomic E-state index is 10.5. The van der Waals surface area contributed by atoms with Gasteiger partial charge in [-0.05, 0) is 20.8 Å². The lowest BCUT2D eigenvalue weighted by Crippen LogP contribution is -2.44. The van der Waals surface area contributed by atoms with Gasteiger partial charge < -0.3 is 10.4 Å². The monoisotopic (exact) mass is 183 g/mol. The van der Waals surface area contributed by atoms with E-state index in [1.165, 1.54) is 0 Å². The Morgan fingerprint density at radius 3 is 2.38 bits per heavy atom. The van der Waals surface area contributed by atoms with Crippen molar-refractivity contribution in [1.82, 2.24) is 5.32 Å². The summed E-state index contributed by atoms with van der Waals surface area (Å²) in [7, 11) is 0. The fraction of sp³-hybridized carbons (Fsp3) is 0.500. The molecule has 1 atom stereocenters. The van der Waals surface area contributed by atoms with E-state index in [-0.39, 0.29) is 17.2 Å². The molecule has 0 aliphatic rings. The third kappa shape index (κ3) is 3.90. The third-order valence-electron chi connectivity index (χ3n) is 1.90. The molecule has 13 heavy (non-hydrogen) atoms. The summed E-state index contributed by atoms with van der Waals surface area (Å²) in [6.07, 6.45) is 1.73. The Balaban J connectivity index is 4.31. The molecule has 0 rings (SSSR count). The minimum absolute atomic E-state index is 0.162. The van der Waals surface area contributed by atoms with E-state index in [0.717, 1.165) is 0 Å². The Hall–Kier alpha value is -1.09. The van der Waals surface area contributed by atoms with Crippen LogP contribution in [0.25, 0.3) is 0 Å². The molecule has 0 aromatic rings. The second-order valence-electron chi connectivity index (χ2n) is 3.62. The van der Waals surface area contributed by atoms with Gasteiger partial charge in [-0.2, -0.15) is 0 Å². The summed E-state index contributed by atoms with van der Waals surface area (Å²) in [5, 5.41) is 11.7. The van der Waals surface area contributed by atoms with Crippen LogP contribution in [0, 0.1) is 0 Å². The van der Waals surface area contributed by atoms with Gasteiger partial charge in [-0.3, -0.25) is 0 Å². The molecule has 0 fully saturated rings. The van der Waals surface area contributed by atoms with Crippen LogP contribution in [0.1, 0.15) is 20.8 Å². The molecule has 0 saturated heterocycles. The minimum Gasteiger partial charge on any atom is -0.478 e. The van der Waals surface area contributed by atoms with Gasteiger partial charge in [0, 0.05) is 17.2 Å². The molecule has 0 aliphatic heterocycles. The van der Waals surface area contributed by atoms with Crippen molar-refractivity contribution in [2.75, 3.05) is 0 Å². The standard InChI is InChI=1S/C10H17NO2/c1-6-10(4,5)11-8(3)7(2)9(12)13/h6,8,11H,1-2H2,3-5H3,(H,12,13). The van der Waals surface area contributed by atoms with E-state index >= 15 is 0 Å². The van der Waals surface area contributed by atoms with Gasteiger partial charge in [0.25, 0.3) is 0 Å². The van der Waals surface area contributed by atoms with Crippen molar-refractivity contribution in [3.63, 3.8) is 0 Å². The number of hydrogen-bond donors (Lipinski definition) is 2. The summed E-state index contributed by atoms with van der Waals surface area (Å²) in [6, 6.07) is -0.259. The molecule has 1 unspecified atom stereocenters. The number of rotatable bonds is 5. The molecule has 0 aromatic heterocycles. The lowest BCUT2D eigenvalue weighted by atomic mass is 10.0. The third-order valence-corrected chi connectivity index (χ3v) is 1.90. The van der Waals surface area contributed by atoms with Crippen LogP contribution in [0.2, 0.25) is 0 Å². The molecule has 0 aromatic carbocycles. The highest BCUT2D eigenvalue weighted by molar-refractivity contribution is 5.87. The Kier molecular flexibility index (Phi) is 3.88. The van der Waals surface area contributed by atoms with Crippen LogP contribution in [-0.2, 0) is 4.79 Å². The van der Waals surface area contributed by atoms with Crippen molar-refractivity contribution >= 4 is 5.97 Å². The fourth-order valence-corrected chi connectivity index (χ4v) is 0.889. The van der Waals surface area contributed by atoms with Gasteiger partial charge in [-0.1, -0.05) is 12.7 Å². The van der Waals surface area contributed by atoms with Crippen molar-refractivity contribution in [3.8, 4) is 0 Å². The summed E-state index contributed by atoms with van der Waals surface area (Å²) >= 11 is 0. The van der Waals surface area contributed by atoms with E-state index in [0.29, 0.717) is 0 Å². The first kappa shape index (κ1) is 11.9. The van der Waals surface area contributed by atoms with E-state index in [9.17, 15) is 4.79 Å². The molecule has 0 spiro atoms. The first-order valence-corrected chi connectivity index (χ1v) is 4.13. The molecule has 0 aliphatic carbocycles. The molecule has 0 amide bonds. The molecule has 2 N–H and O–H groups in total. The number of carboxylic acid groups (broad SMARTS) is 1. The van der Waals surface area contributed by atoms with Crippen molar-refractivity contribution in [2.24, 2.45) is 0 Å². The van der Waals surface area contributed by atoms with Crippen LogP contribution in [0.5, 0.6) is 0 Å². The van der Waals surface area contributed by atoms with Gasteiger partial charge in [0.2, 0.25) is 0 Å². The molecular weight excluding hydrogens is 166 g/mol. The maximum Gasteiger partial charge on any atom is 0.332 e. The average molecular weight is 183 g/mol. The quantitative estimate of drug-likeness (QED) is 0.502. The molecule has 0 heterocycles. The Morgan fingerprint density at radius 1 is 1.62 bits per heavy atom. The number of carbonyl (C=O) groups is 1. The van der Waals surface area contributed by atoms with E-state index in [4.69, 9.17) is 5.11 Å². The van der Waals surface area contributed by atoms with Crippen LogP contribution in [-0.4, -0.2) is 22.7 Å². The summed E-state index contributed by atoms with van der Waals surface area (Å²) in [5.74, 6) is -0.972. The minimum atomic E-state index is -0.972. The summed E-state index contributed by atoms with van der Waals surface area (Å²) in [4.78, 5) is 10.5. The van der Waals surface area contributed by atoms with Crippen molar-refractivity contribution < 1.29 is 9.90 Å². The van der Waals surface area contributed by atoms with Gasteiger partial charge >= 0.3 is 5.97 Å². The molecule has 3 heteroatoms. The first-order chi connectivity index (χ1) is 5.80. The molecule has 0 bridgehead atoms. The van der Waals surface area contributed by atoms with E-state index in [1.807, 2.05) is 13.8 Å². The topological polar surface area (TPSA) is 49.3 Å². The highest BCUT2D eigenvalue weighted by atomic mass is 16.4. The van der Waals surface area contributed by atoms with Crippen molar-refractivity contribution in [3.05, 3.63) is 24.8 Å². The second kappa shape index (κ2) is 4.23. The van der Waals surface area contributed by atoms with Crippen LogP contribution in [0.3, 0.4) is 0 Å². The average Bonchev–Trinajstić information content (AvgIpc) is 2.02.